The number of ether oxygens (including phenoxy) is 1. The maximum atomic E-state index is 12.9. The van der Waals surface area contributed by atoms with E-state index in [0.29, 0.717) is 17.9 Å². The van der Waals surface area contributed by atoms with E-state index < -0.39 is 0 Å². The molecule has 2 nitrogen and oxygen atoms in total. The third-order valence-corrected chi connectivity index (χ3v) is 2.21. The van der Waals surface area contributed by atoms with Gasteiger partial charge in [0.25, 0.3) is 0 Å². The van der Waals surface area contributed by atoms with E-state index in [1.165, 1.54) is 12.1 Å². The van der Waals surface area contributed by atoms with Gasteiger partial charge in [-0.2, -0.15) is 0 Å². The Morgan fingerprint density at radius 1 is 1.33 bits per heavy atom. The van der Waals surface area contributed by atoms with Gasteiger partial charge in [-0.1, -0.05) is 25.8 Å². The van der Waals surface area contributed by atoms with Crippen LogP contribution in [0.2, 0.25) is 0 Å². The number of benzene rings is 1. The normalized spacial score (nSPS) is 10.3. The molecule has 0 saturated carbocycles. The molecule has 0 radical (unpaired) electrons. The van der Waals surface area contributed by atoms with E-state index in [2.05, 4.69) is 6.92 Å². The Morgan fingerprint density at radius 2 is 2.13 bits per heavy atom. The van der Waals surface area contributed by atoms with E-state index in [1.54, 1.807) is 6.07 Å². The van der Waals surface area contributed by atoms with Crippen molar-refractivity contribution in [1.29, 1.82) is 0 Å². The predicted molar refractivity (Wildman–Crippen MR) is 57.3 cm³/mol. The van der Waals surface area contributed by atoms with Crippen molar-refractivity contribution in [2.75, 3.05) is 6.61 Å². The summed E-state index contributed by atoms with van der Waals surface area (Å²) in [6.45, 7) is 2.56. The average molecular weight is 212 g/mol. The lowest BCUT2D eigenvalue weighted by Crippen LogP contribution is -2.00. The topological polar surface area (TPSA) is 29.5 Å². The van der Waals surface area contributed by atoms with Crippen molar-refractivity contribution < 1.29 is 14.2 Å². The molecular formula is C12H17FO2. The second-order valence-electron chi connectivity index (χ2n) is 3.47. The molecule has 15 heavy (non-hydrogen) atoms. The lowest BCUT2D eigenvalue weighted by atomic mass is 10.2. The van der Waals surface area contributed by atoms with Crippen LogP contribution in [0.4, 0.5) is 4.39 Å². The van der Waals surface area contributed by atoms with Crippen LogP contribution in [-0.4, -0.2) is 11.7 Å². The maximum Gasteiger partial charge on any atom is 0.127 e. The average Bonchev–Trinajstić information content (AvgIpc) is 2.25. The van der Waals surface area contributed by atoms with E-state index in [-0.39, 0.29) is 12.4 Å². The van der Waals surface area contributed by atoms with Crippen molar-refractivity contribution in [3.05, 3.63) is 29.6 Å². The zero-order chi connectivity index (χ0) is 11.1. The third-order valence-electron chi connectivity index (χ3n) is 2.21. The summed E-state index contributed by atoms with van der Waals surface area (Å²) < 4.78 is 18.3. The van der Waals surface area contributed by atoms with Crippen LogP contribution in [0.15, 0.2) is 18.2 Å². The summed E-state index contributed by atoms with van der Waals surface area (Å²) in [7, 11) is 0. The summed E-state index contributed by atoms with van der Waals surface area (Å²) in [5, 5.41) is 9.01. The predicted octanol–water partition coefficient (Wildman–Crippen LogP) is 2.89. The first-order chi connectivity index (χ1) is 7.27. The lowest BCUT2D eigenvalue weighted by molar-refractivity contribution is 0.259. The van der Waals surface area contributed by atoms with Crippen molar-refractivity contribution >= 4 is 0 Å². The highest BCUT2D eigenvalue weighted by atomic mass is 19.1. The van der Waals surface area contributed by atoms with E-state index in [4.69, 9.17) is 9.84 Å². The first-order valence-corrected chi connectivity index (χ1v) is 5.30. The molecule has 0 bridgehead atoms. The smallest absolute Gasteiger partial charge is 0.127 e. The molecule has 84 valence electrons. The Kier molecular flexibility index (Phi) is 5.12. The molecule has 0 heterocycles. The molecule has 1 rings (SSSR count). The van der Waals surface area contributed by atoms with Crippen LogP contribution in [-0.2, 0) is 6.61 Å². The van der Waals surface area contributed by atoms with Gasteiger partial charge >= 0.3 is 0 Å². The lowest BCUT2D eigenvalue weighted by Gasteiger charge is -2.09. The van der Waals surface area contributed by atoms with Gasteiger partial charge in [-0.3, -0.25) is 0 Å². The van der Waals surface area contributed by atoms with Crippen LogP contribution in [0.1, 0.15) is 31.7 Å². The van der Waals surface area contributed by atoms with Gasteiger partial charge in [-0.05, 0) is 12.5 Å². The minimum atomic E-state index is -0.335. The molecular weight excluding hydrogens is 195 g/mol. The third kappa shape index (κ3) is 3.88. The zero-order valence-corrected chi connectivity index (χ0v) is 9.00. The summed E-state index contributed by atoms with van der Waals surface area (Å²) in [4.78, 5) is 0. The van der Waals surface area contributed by atoms with Crippen LogP contribution in [0, 0.1) is 5.82 Å². The van der Waals surface area contributed by atoms with Gasteiger partial charge in [0, 0.05) is 11.6 Å². The molecule has 0 amide bonds. The Balaban J connectivity index is 2.54. The van der Waals surface area contributed by atoms with Gasteiger partial charge in [-0.15, -0.1) is 0 Å². The molecule has 0 saturated heterocycles. The molecule has 1 aromatic carbocycles. The molecule has 0 unspecified atom stereocenters. The van der Waals surface area contributed by atoms with Crippen molar-refractivity contribution in [3.8, 4) is 5.75 Å². The van der Waals surface area contributed by atoms with Crippen LogP contribution >= 0.6 is 0 Å². The highest BCUT2D eigenvalue weighted by molar-refractivity contribution is 5.33. The fraction of sp³-hybridized carbons (Fsp3) is 0.500. The number of hydrogen-bond donors (Lipinski definition) is 1. The second-order valence-corrected chi connectivity index (χ2v) is 3.47. The number of aliphatic hydroxyl groups excluding tert-OH is 1. The largest absolute Gasteiger partial charge is 0.493 e. The van der Waals surface area contributed by atoms with Gasteiger partial charge in [0.1, 0.15) is 11.6 Å². The fourth-order valence-electron chi connectivity index (χ4n) is 1.33. The summed E-state index contributed by atoms with van der Waals surface area (Å²) in [5.74, 6) is 0.117. The van der Waals surface area contributed by atoms with Gasteiger partial charge < -0.3 is 9.84 Å². The Labute approximate surface area is 89.7 Å². The monoisotopic (exact) mass is 212 g/mol. The van der Waals surface area contributed by atoms with Crippen LogP contribution in [0.3, 0.4) is 0 Å². The fourth-order valence-corrected chi connectivity index (χ4v) is 1.33. The maximum absolute atomic E-state index is 12.9. The van der Waals surface area contributed by atoms with Crippen LogP contribution < -0.4 is 4.74 Å². The van der Waals surface area contributed by atoms with Crippen molar-refractivity contribution in [1.82, 2.24) is 0 Å². The Hall–Kier alpha value is -1.09. The van der Waals surface area contributed by atoms with E-state index >= 15 is 0 Å². The summed E-state index contributed by atoms with van der Waals surface area (Å²) >= 11 is 0. The number of unbranched alkanes of at least 4 members (excludes halogenated alkanes) is 2. The molecule has 0 aliphatic rings. The Bertz CT molecular complexity index is 300. The molecule has 0 fully saturated rings. The van der Waals surface area contributed by atoms with Crippen LogP contribution in [0.25, 0.3) is 0 Å². The van der Waals surface area contributed by atoms with Crippen molar-refractivity contribution in [2.45, 2.75) is 32.8 Å². The van der Waals surface area contributed by atoms with Gasteiger partial charge in [0.2, 0.25) is 0 Å². The Morgan fingerprint density at radius 3 is 2.80 bits per heavy atom. The molecule has 0 spiro atoms. The van der Waals surface area contributed by atoms with Gasteiger partial charge in [-0.25, -0.2) is 4.39 Å². The summed E-state index contributed by atoms with van der Waals surface area (Å²) in [5.41, 5.74) is 0.632. The number of halogens is 1. The minimum Gasteiger partial charge on any atom is -0.493 e. The molecule has 1 aromatic rings. The SMILES string of the molecule is CCCCCOc1cc(F)ccc1CO. The standard InChI is InChI=1S/C12H17FO2/c1-2-3-4-7-15-12-8-11(13)6-5-10(12)9-14/h5-6,8,14H,2-4,7,9H2,1H3. The van der Waals surface area contributed by atoms with Gasteiger partial charge in [0.15, 0.2) is 0 Å². The van der Waals surface area contributed by atoms with Crippen molar-refractivity contribution in [2.24, 2.45) is 0 Å². The van der Waals surface area contributed by atoms with Crippen molar-refractivity contribution in [3.63, 3.8) is 0 Å². The molecule has 0 aromatic heterocycles. The highest BCUT2D eigenvalue weighted by Gasteiger charge is 2.04. The van der Waals surface area contributed by atoms with E-state index in [1.807, 2.05) is 0 Å². The molecule has 0 aliphatic carbocycles. The van der Waals surface area contributed by atoms with E-state index in [9.17, 15) is 4.39 Å². The first-order valence-electron chi connectivity index (χ1n) is 5.30. The van der Waals surface area contributed by atoms with Crippen LogP contribution in [0.5, 0.6) is 5.75 Å². The second kappa shape index (κ2) is 6.40. The minimum absolute atomic E-state index is 0.122. The van der Waals surface area contributed by atoms with Gasteiger partial charge in [0.05, 0.1) is 13.2 Å². The van der Waals surface area contributed by atoms with E-state index in [0.717, 1.165) is 19.3 Å². The number of hydrogen-bond acceptors (Lipinski definition) is 2. The number of rotatable bonds is 6. The molecule has 1 N–H and O–H groups in total. The summed E-state index contributed by atoms with van der Waals surface area (Å²) in [6, 6.07) is 4.19. The first kappa shape index (κ1) is 12.0. The number of aliphatic hydroxyl groups is 1. The quantitative estimate of drug-likeness (QED) is 0.735. The molecule has 0 aliphatic heterocycles. The highest BCUT2D eigenvalue weighted by Crippen LogP contribution is 2.20. The molecule has 3 heteroatoms. The molecule has 0 atom stereocenters. The zero-order valence-electron chi connectivity index (χ0n) is 9.00. The summed E-state index contributed by atoms with van der Waals surface area (Å²) in [6.07, 6.45) is 3.18.